The Labute approximate surface area is 91.4 Å². The van der Waals surface area contributed by atoms with Crippen LogP contribution in [-0.2, 0) is 0 Å². The number of benzene rings is 2. The van der Waals surface area contributed by atoms with E-state index in [1.165, 1.54) is 0 Å². The number of fused-ring (bicyclic) bond motifs is 1. The van der Waals surface area contributed by atoms with E-state index in [9.17, 15) is 0 Å². The molecule has 0 saturated carbocycles. The third kappa shape index (κ3) is 1.37. The molecule has 0 bridgehead atoms. The molecule has 2 rings (SSSR count). The van der Waals surface area contributed by atoms with E-state index >= 15 is 0 Å². The van der Waals surface area contributed by atoms with Gasteiger partial charge in [-0.2, -0.15) is 0 Å². The number of nitrogen functional groups attached to an aromatic ring is 2. The SMILES string of the molecule is Nc1ccc2c(Cl)c(N)cc(Cl)c2c1. The smallest absolute Gasteiger partial charge is 0.0714 e. The zero-order chi connectivity index (χ0) is 10.3. The molecule has 4 N–H and O–H groups in total. The standard InChI is InChI=1S/C10H8Cl2N2/c11-8-4-9(14)10(12)6-2-1-5(13)3-7(6)8/h1-4H,13-14H2. The molecule has 0 atom stereocenters. The second kappa shape index (κ2) is 3.23. The Hall–Kier alpha value is -1.12. The minimum atomic E-state index is 0.480. The molecule has 0 aromatic heterocycles. The van der Waals surface area contributed by atoms with Gasteiger partial charge in [0.2, 0.25) is 0 Å². The second-order valence-corrected chi connectivity index (χ2v) is 3.85. The van der Waals surface area contributed by atoms with Crippen molar-refractivity contribution in [1.82, 2.24) is 0 Å². The lowest BCUT2D eigenvalue weighted by atomic mass is 10.1. The number of hydrogen-bond donors (Lipinski definition) is 2. The van der Waals surface area contributed by atoms with Gasteiger partial charge in [-0.25, -0.2) is 0 Å². The van der Waals surface area contributed by atoms with Crippen molar-refractivity contribution < 1.29 is 0 Å². The summed E-state index contributed by atoms with van der Waals surface area (Å²) in [7, 11) is 0. The fourth-order valence-corrected chi connectivity index (χ4v) is 1.88. The lowest BCUT2D eigenvalue weighted by Gasteiger charge is -2.06. The summed E-state index contributed by atoms with van der Waals surface area (Å²) in [6.07, 6.45) is 0. The molecule has 72 valence electrons. The Kier molecular flexibility index (Phi) is 2.17. The Morgan fingerprint density at radius 3 is 2.36 bits per heavy atom. The van der Waals surface area contributed by atoms with E-state index in [1.54, 1.807) is 18.2 Å². The molecule has 2 aromatic carbocycles. The molecule has 0 aliphatic rings. The molecule has 0 radical (unpaired) electrons. The van der Waals surface area contributed by atoms with Crippen molar-refractivity contribution in [2.45, 2.75) is 0 Å². The van der Waals surface area contributed by atoms with Gasteiger partial charge in [-0.15, -0.1) is 0 Å². The van der Waals surface area contributed by atoms with Gasteiger partial charge in [0.1, 0.15) is 0 Å². The monoisotopic (exact) mass is 226 g/mol. The molecule has 0 saturated heterocycles. The Balaban J connectivity index is 2.94. The third-order valence-electron chi connectivity index (χ3n) is 2.07. The highest BCUT2D eigenvalue weighted by molar-refractivity contribution is 6.42. The van der Waals surface area contributed by atoms with E-state index in [0.29, 0.717) is 21.4 Å². The van der Waals surface area contributed by atoms with E-state index in [2.05, 4.69) is 0 Å². The van der Waals surface area contributed by atoms with Gasteiger partial charge in [-0.05, 0) is 18.2 Å². The van der Waals surface area contributed by atoms with E-state index in [0.717, 1.165) is 10.8 Å². The third-order valence-corrected chi connectivity index (χ3v) is 2.81. The van der Waals surface area contributed by atoms with Crippen molar-refractivity contribution in [2.24, 2.45) is 0 Å². The van der Waals surface area contributed by atoms with Crippen LogP contribution in [0.1, 0.15) is 0 Å². The fourth-order valence-electron chi connectivity index (χ4n) is 1.38. The van der Waals surface area contributed by atoms with Gasteiger partial charge >= 0.3 is 0 Å². The van der Waals surface area contributed by atoms with Crippen LogP contribution in [0.4, 0.5) is 11.4 Å². The highest BCUT2D eigenvalue weighted by atomic mass is 35.5. The molecule has 4 heteroatoms. The highest BCUT2D eigenvalue weighted by Crippen LogP contribution is 2.35. The van der Waals surface area contributed by atoms with Crippen LogP contribution >= 0.6 is 23.2 Å². The Bertz CT molecular complexity index is 509. The van der Waals surface area contributed by atoms with Gasteiger partial charge in [0.25, 0.3) is 0 Å². The van der Waals surface area contributed by atoms with Crippen LogP contribution in [0, 0.1) is 0 Å². The molecule has 0 heterocycles. The molecule has 2 aromatic rings. The minimum absolute atomic E-state index is 0.480. The zero-order valence-electron chi connectivity index (χ0n) is 7.22. The number of rotatable bonds is 0. The summed E-state index contributed by atoms with van der Waals surface area (Å²) >= 11 is 12.0. The van der Waals surface area contributed by atoms with Crippen molar-refractivity contribution in [1.29, 1.82) is 0 Å². The molecule has 2 nitrogen and oxygen atoms in total. The first-order valence-corrected chi connectivity index (χ1v) is 4.78. The molecular formula is C10H8Cl2N2. The fraction of sp³-hybridized carbons (Fsp3) is 0. The van der Waals surface area contributed by atoms with Crippen LogP contribution in [0.15, 0.2) is 24.3 Å². The molecular weight excluding hydrogens is 219 g/mol. The van der Waals surface area contributed by atoms with Crippen LogP contribution in [0.2, 0.25) is 10.0 Å². The van der Waals surface area contributed by atoms with Gasteiger partial charge < -0.3 is 11.5 Å². The van der Waals surface area contributed by atoms with Crippen molar-refractivity contribution in [3.8, 4) is 0 Å². The van der Waals surface area contributed by atoms with Gasteiger partial charge in [0.05, 0.1) is 15.7 Å². The first kappa shape index (κ1) is 9.44. The summed E-state index contributed by atoms with van der Waals surface area (Å²) < 4.78 is 0. The normalized spacial score (nSPS) is 10.7. The van der Waals surface area contributed by atoms with Crippen LogP contribution in [0.25, 0.3) is 10.8 Å². The molecule has 0 amide bonds. The predicted molar refractivity (Wildman–Crippen MR) is 62.8 cm³/mol. The van der Waals surface area contributed by atoms with Crippen LogP contribution in [0.3, 0.4) is 0 Å². The van der Waals surface area contributed by atoms with Crippen LogP contribution in [0.5, 0.6) is 0 Å². The lowest BCUT2D eigenvalue weighted by molar-refractivity contribution is 1.71. The van der Waals surface area contributed by atoms with Gasteiger partial charge in [0.15, 0.2) is 0 Å². The summed E-state index contributed by atoms with van der Waals surface area (Å²) in [5.41, 5.74) is 12.5. The quantitative estimate of drug-likeness (QED) is 0.678. The van der Waals surface area contributed by atoms with E-state index in [4.69, 9.17) is 34.7 Å². The maximum absolute atomic E-state index is 6.03. The highest BCUT2D eigenvalue weighted by Gasteiger charge is 2.07. The molecule has 14 heavy (non-hydrogen) atoms. The van der Waals surface area contributed by atoms with Crippen molar-refractivity contribution in [3.05, 3.63) is 34.3 Å². The molecule has 0 aliphatic heterocycles. The average molecular weight is 227 g/mol. The van der Waals surface area contributed by atoms with Crippen molar-refractivity contribution in [2.75, 3.05) is 11.5 Å². The van der Waals surface area contributed by atoms with Gasteiger partial charge in [-0.1, -0.05) is 29.3 Å². The summed E-state index contributed by atoms with van der Waals surface area (Å²) in [5.74, 6) is 0. The van der Waals surface area contributed by atoms with E-state index < -0.39 is 0 Å². The van der Waals surface area contributed by atoms with Crippen molar-refractivity contribution in [3.63, 3.8) is 0 Å². The summed E-state index contributed by atoms with van der Waals surface area (Å²) in [5, 5.41) is 2.73. The lowest BCUT2D eigenvalue weighted by Crippen LogP contribution is -1.90. The Morgan fingerprint density at radius 2 is 1.64 bits per heavy atom. The minimum Gasteiger partial charge on any atom is -0.399 e. The number of hydrogen-bond acceptors (Lipinski definition) is 2. The van der Waals surface area contributed by atoms with Crippen LogP contribution < -0.4 is 11.5 Å². The first-order chi connectivity index (χ1) is 6.59. The van der Waals surface area contributed by atoms with Crippen LogP contribution in [-0.4, -0.2) is 0 Å². The second-order valence-electron chi connectivity index (χ2n) is 3.07. The number of halogens is 2. The number of anilines is 2. The summed E-state index contributed by atoms with van der Waals surface area (Å²) in [6.45, 7) is 0. The zero-order valence-corrected chi connectivity index (χ0v) is 8.73. The van der Waals surface area contributed by atoms with E-state index in [-0.39, 0.29) is 0 Å². The number of nitrogens with two attached hydrogens (primary N) is 2. The predicted octanol–water partition coefficient (Wildman–Crippen LogP) is 3.31. The average Bonchev–Trinajstić information content (AvgIpc) is 2.14. The van der Waals surface area contributed by atoms with Crippen molar-refractivity contribution >= 4 is 45.3 Å². The largest absolute Gasteiger partial charge is 0.399 e. The molecule has 0 unspecified atom stereocenters. The molecule has 0 fully saturated rings. The molecule has 0 aliphatic carbocycles. The summed E-state index contributed by atoms with van der Waals surface area (Å²) in [6, 6.07) is 6.99. The topological polar surface area (TPSA) is 52.0 Å². The first-order valence-electron chi connectivity index (χ1n) is 4.02. The van der Waals surface area contributed by atoms with Gasteiger partial charge in [0, 0.05) is 16.5 Å². The van der Waals surface area contributed by atoms with Gasteiger partial charge in [-0.3, -0.25) is 0 Å². The maximum atomic E-state index is 6.03. The Morgan fingerprint density at radius 1 is 0.929 bits per heavy atom. The van der Waals surface area contributed by atoms with E-state index in [1.807, 2.05) is 6.07 Å². The maximum Gasteiger partial charge on any atom is 0.0714 e. The summed E-state index contributed by atoms with van der Waals surface area (Å²) in [4.78, 5) is 0. The molecule has 0 spiro atoms.